The van der Waals surface area contributed by atoms with Crippen LogP contribution < -0.4 is 4.74 Å². The Hall–Kier alpha value is -2.42. The molecule has 29 heavy (non-hydrogen) atoms. The normalized spacial score (nSPS) is 20.8. The summed E-state index contributed by atoms with van der Waals surface area (Å²) in [7, 11) is -1.57. The summed E-state index contributed by atoms with van der Waals surface area (Å²) >= 11 is 0. The van der Waals surface area contributed by atoms with Gasteiger partial charge in [0.25, 0.3) is 0 Å². The first-order chi connectivity index (χ1) is 14.1. The fourth-order valence-corrected chi connectivity index (χ4v) is 5.73. The van der Waals surface area contributed by atoms with Crippen LogP contribution >= 0.6 is 0 Å². The standard InChI is InChI=1S/C21H23N3O4S/c1-27-16-5-2-4-15(12-16)18-6-3-7-19-21(22-14-24(18)19)20-13-23(10-11-28-20)29(25,26)17-8-9-17/h2-7,12,14,17,20H,8-11,13H2,1H3/t20-/m0/s1. The number of hydrogen-bond acceptors (Lipinski definition) is 5. The molecule has 3 aromatic rings. The predicted molar refractivity (Wildman–Crippen MR) is 109 cm³/mol. The molecule has 0 bridgehead atoms. The van der Waals surface area contributed by atoms with E-state index in [4.69, 9.17) is 9.47 Å². The lowest BCUT2D eigenvalue weighted by atomic mass is 10.1. The highest BCUT2D eigenvalue weighted by Gasteiger charge is 2.42. The molecule has 7 nitrogen and oxygen atoms in total. The van der Waals surface area contributed by atoms with E-state index in [9.17, 15) is 8.42 Å². The van der Waals surface area contributed by atoms with E-state index in [1.54, 1.807) is 17.7 Å². The molecule has 0 unspecified atom stereocenters. The Morgan fingerprint density at radius 2 is 2.00 bits per heavy atom. The first-order valence-corrected chi connectivity index (χ1v) is 11.3. The van der Waals surface area contributed by atoms with E-state index >= 15 is 0 Å². The van der Waals surface area contributed by atoms with Crippen LogP contribution in [0.15, 0.2) is 48.8 Å². The zero-order chi connectivity index (χ0) is 20.0. The molecule has 3 heterocycles. The molecular weight excluding hydrogens is 390 g/mol. The first-order valence-electron chi connectivity index (χ1n) is 9.79. The van der Waals surface area contributed by atoms with E-state index in [0.29, 0.717) is 19.7 Å². The van der Waals surface area contributed by atoms with Crippen LogP contribution in [0, 0.1) is 0 Å². The summed E-state index contributed by atoms with van der Waals surface area (Å²) in [5.74, 6) is 0.788. The number of sulfonamides is 1. The van der Waals surface area contributed by atoms with Crippen LogP contribution in [-0.4, -0.2) is 54.2 Å². The van der Waals surface area contributed by atoms with Crippen molar-refractivity contribution < 1.29 is 17.9 Å². The maximum atomic E-state index is 12.7. The summed E-state index contributed by atoms with van der Waals surface area (Å²) < 4.78 is 40.2. The number of hydrogen-bond donors (Lipinski definition) is 0. The molecule has 2 fully saturated rings. The molecular formula is C21H23N3O4S. The van der Waals surface area contributed by atoms with Crippen LogP contribution in [0.2, 0.25) is 0 Å². The number of methoxy groups -OCH3 is 1. The Bertz CT molecular complexity index is 1150. The van der Waals surface area contributed by atoms with Crippen molar-refractivity contribution in [3.05, 3.63) is 54.5 Å². The fraction of sp³-hybridized carbons (Fsp3) is 0.381. The molecule has 0 radical (unpaired) electrons. The molecule has 8 heteroatoms. The van der Waals surface area contributed by atoms with Crippen molar-refractivity contribution >= 4 is 15.5 Å². The molecule has 1 aliphatic carbocycles. The number of rotatable bonds is 5. The van der Waals surface area contributed by atoms with Crippen molar-refractivity contribution in [3.63, 3.8) is 0 Å². The van der Waals surface area contributed by atoms with E-state index in [0.717, 1.165) is 41.1 Å². The number of nitrogens with zero attached hydrogens (tertiary/aromatic N) is 3. The molecule has 2 aromatic heterocycles. The lowest BCUT2D eigenvalue weighted by Gasteiger charge is -2.31. The Morgan fingerprint density at radius 1 is 1.17 bits per heavy atom. The first kappa shape index (κ1) is 18.6. The van der Waals surface area contributed by atoms with Gasteiger partial charge in [0.15, 0.2) is 0 Å². The highest BCUT2D eigenvalue weighted by Crippen LogP contribution is 2.35. The van der Waals surface area contributed by atoms with E-state index in [-0.39, 0.29) is 11.4 Å². The third-order valence-electron chi connectivity index (χ3n) is 5.61. The van der Waals surface area contributed by atoms with E-state index in [1.807, 2.05) is 46.9 Å². The number of ether oxygens (including phenoxy) is 2. The van der Waals surface area contributed by atoms with Gasteiger partial charge in [0.05, 0.1) is 35.9 Å². The smallest absolute Gasteiger partial charge is 0.217 e. The number of pyridine rings is 1. The molecule has 2 aliphatic rings. The number of morpholine rings is 1. The molecule has 1 aliphatic heterocycles. The van der Waals surface area contributed by atoms with Crippen molar-refractivity contribution in [2.24, 2.45) is 0 Å². The fourth-order valence-electron chi connectivity index (χ4n) is 3.90. The number of aromatic nitrogens is 2. The van der Waals surface area contributed by atoms with Gasteiger partial charge in [-0.1, -0.05) is 18.2 Å². The van der Waals surface area contributed by atoms with Gasteiger partial charge in [0, 0.05) is 18.7 Å². The second-order valence-corrected chi connectivity index (χ2v) is 9.70. The highest BCUT2D eigenvalue weighted by atomic mass is 32.2. The van der Waals surface area contributed by atoms with Crippen LogP contribution in [0.4, 0.5) is 0 Å². The molecule has 1 atom stereocenters. The zero-order valence-electron chi connectivity index (χ0n) is 16.2. The predicted octanol–water partition coefficient (Wildman–Crippen LogP) is 2.88. The van der Waals surface area contributed by atoms with Crippen molar-refractivity contribution in [2.75, 3.05) is 26.8 Å². The highest BCUT2D eigenvalue weighted by molar-refractivity contribution is 7.90. The summed E-state index contributed by atoms with van der Waals surface area (Å²) in [5, 5.41) is -0.209. The summed E-state index contributed by atoms with van der Waals surface area (Å²) in [6, 6.07) is 13.9. The monoisotopic (exact) mass is 413 g/mol. The molecule has 0 spiro atoms. The second kappa shape index (κ2) is 7.12. The lowest BCUT2D eigenvalue weighted by Crippen LogP contribution is -2.43. The van der Waals surface area contributed by atoms with Crippen molar-refractivity contribution in [3.8, 4) is 17.0 Å². The average Bonchev–Trinajstić information content (AvgIpc) is 3.53. The van der Waals surface area contributed by atoms with Crippen molar-refractivity contribution in [1.82, 2.24) is 13.7 Å². The topological polar surface area (TPSA) is 73.1 Å². The number of imidazole rings is 1. The summed E-state index contributed by atoms with van der Waals surface area (Å²) in [6.45, 7) is 1.11. The maximum absolute atomic E-state index is 12.7. The Labute approximate surface area is 169 Å². The molecule has 1 aromatic carbocycles. The number of fused-ring (bicyclic) bond motifs is 1. The van der Waals surface area contributed by atoms with Gasteiger partial charge < -0.3 is 9.47 Å². The van der Waals surface area contributed by atoms with E-state index in [1.165, 1.54) is 0 Å². The minimum Gasteiger partial charge on any atom is -0.497 e. The molecule has 0 N–H and O–H groups in total. The zero-order valence-corrected chi connectivity index (χ0v) is 17.0. The summed E-state index contributed by atoms with van der Waals surface area (Å²) in [4.78, 5) is 4.61. The molecule has 5 rings (SSSR count). The Morgan fingerprint density at radius 3 is 2.79 bits per heavy atom. The second-order valence-electron chi connectivity index (χ2n) is 7.49. The van der Waals surface area contributed by atoms with Gasteiger partial charge in [0.1, 0.15) is 18.2 Å². The molecule has 0 amide bonds. The maximum Gasteiger partial charge on any atom is 0.217 e. The molecule has 1 saturated heterocycles. The van der Waals surface area contributed by atoms with E-state index in [2.05, 4.69) is 4.98 Å². The van der Waals surface area contributed by atoms with Crippen LogP contribution in [-0.2, 0) is 14.8 Å². The minimum atomic E-state index is -3.22. The molecule has 152 valence electrons. The van der Waals surface area contributed by atoms with Crippen LogP contribution in [0.5, 0.6) is 5.75 Å². The third-order valence-corrected chi connectivity index (χ3v) is 7.97. The summed E-state index contributed by atoms with van der Waals surface area (Å²) in [5.41, 5.74) is 3.69. The van der Waals surface area contributed by atoms with Crippen LogP contribution in [0.3, 0.4) is 0 Å². The van der Waals surface area contributed by atoms with Gasteiger partial charge in [0.2, 0.25) is 10.0 Å². The number of benzene rings is 1. The van der Waals surface area contributed by atoms with Crippen molar-refractivity contribution in [2.45, 2.75) is 24.2 Å². The van der Waals surface area contributed by atoms with Gasteiger partial charge in [-0.15, -0.1) is 0 Å². The largest absolute Gasteiger partial charge is 0.497 e. The van der Waals surface area contributed by atoms with Crippen molar-refractivity contribution in [1.29, 1.82) is 0 Å². The van der Waals surface area contributed by atoms with E-state index < -0.39 is 10.0 Å². The van der Waals surface area contributed by atoms with Gasteiger partial charge in [-0.3, -0.25) is 4.40 Å². The SMILES string of the molecule is COc1cccc(-c2cccc3c([C@@H]4CN(S(=O)(=O)C5CC5)CCO4)ncn23)c1. The minimum absolute atomic E-state index is 0.209. The van der Waals surface area contributed by atoms with Crippen LogP contribution in [0.1, 0.15) is 24.6 Å². The lowest BCUT2D eigenvalue weighted by molar-refractivity contribution is -0.00394. The van der Waals surface area contributed by atoms with Gasteiger partial charge in [-0.2, -0.15) is 4.31 Å². The van der Waals surface area contributed by atoms with Gasteiger partial charge in [-0.05, 0) is 37.1 Å². The summed E-state index contributed by atoms with van der Waals surface area (Å²) in [6.07, 6.45) is 2.93. The van der Waals surface area contributed by atoms with Crippen LogP contribution in [0.25, 0.3) is 16.8 Å². The quantitative estimate of drug-likeness (QED) is 0.643. The third kappa shape index (κ3) is 3.31. The average molecular weight is 413 g/mol. The Balaban J connectivity index is 1.50. The van der Waals surface area contributed by atoms with Gasteiger partial charge in [-0.25, -0.2) is 13.4 Å². The van der Waals surface area contributed by atoms with Gasteiger partial charge >= 0.3 is 0 Å². The molecule has 1 saturated carbocycles. The Kier molecular flexibility index (Phi) is 4.57.